The largest absolute Gasteiger partial charge is 0.271 e. The molecule has 2 aromatic rings. The molecule has 0 spiro atoms. The standard InChI is InChI=1S/C9H7ClN4O2/c1-6-11-5-13(12-6)9-3-2-7(14(15)16)4-8(9)10/h2-5H,1H3. The van der Waals surface area contributed by atoms with Crippen molar-refractivity contribution in [1.29, 1.82) is 0 Å². The fourth-order valence-corrected chi connectivity index (χ4v) is 1.52. The average Bonchev–Trinajstić information content (AvgIpc) is 2.64. The quantitative estimate of drug-likeness (QED) is 0.593. The maximum atomic E-state index is 10.5. The first-order chi connectivity index (χ1) is 7.58. The molecule has 0 bridgehead atoms. The van der Waals surface area contributed by atoms with Gasteiger partial charge in [-0.25, -0.2) is 9.67 Å². The molecule has 2 rings (SSSR count). The number of aryl methyl sites for hydroxylation is 1. The number of hydrogen-bond acceptors (Lipinski definition) is 4. The lowest BCUT2D eigenvalue weighted by Gasteiger charge is -2.02. The first-order valence-corrected chi connectivity index (χ1v) is 4.78. The van der Waals surface area contributed by atoms with Gasteiger partial charge in [-0.15, -0.1) is 0 Å². The first-order valence-electron chi connectivity index (χ1n) is 4.40. The van der Waals surface area contributed by atoms with Crippen LogP contribution in [0.1, 0.15) is 5.82 Å². The van der Waals surface area contributed by atoms with Crippen LogP contribution >= 0.6 is 11.6 Å². The van der Waals surface area contributed by atoms with E-state index in [9.17, 15) is 10.1 Å². The monoisotopic (exact) mass is 238 g/mol. The third-order valence-electron chi connectivity index (χ3n) is 2.00. The molecule has 1 aromatic carbocycles. The molecule has 7 heteroatoms. The summed E-state index contributed by atoms with van der Waals surface area (Å²) < 4.78 is 1.47. The lowest BCUT2D eigenvalue weighted by atomic mass is 10.3. The zero-order valence-electron chi connectivity index (χ0n) is 8.29. The molecule has 0 unspecified atom stereocenters. The number of nitrogens with zero attached hydrogens (tertiary/aromatic N) is 4. The third kappa shape index (κ3) is 1.87. The highest BCUT2D eigenvalue weighted by atomic mass is 35.5. The van der Waals surface area contributed by atoms with Crippen molar-refractivity contribution in [2.24, 2.45) is 0 Å². The van der Waals surface area contributed by atoms with Gasteiger partial charge in [-0.1, -0.05) is 11.6 Å². The van der Waals surface area contributed by atoms with Gasteiger partial charge in [0.05, 0.1) is 15.6 Å². The minimum absolute atomic E-state index is 0.0504. The molecule has 6 nitrogen and oxygen atoms in total. The number of hydrogen-bond donors (Lipinski definition) is 0. The Morgan fingerprint density at radius 3 is 2.75 bits per heavy atom. The zero-order chi connectivity index (χ0) is 11.7. The van der Waals surface area contributed by atoms with Gasteiger partial charge in [-0.2, -0.15) is 5.10 Å². The molecule has 0 amide bonds. The van der Waals surface area contributed by atoms with Crippen LogP contribution in [0.3, 0.4) is 0 Å². The molecule has 16 heavy (non-hydrogen) atoms. The second-order valence-corrected chi connectivity index (χ2v) is 3.54. The summed E-state index contributed by atoms with van der Waals surface area (Å²) in [5, 5.41) is 14.8. The van der Waals surface area contributed by atoms with Gasteiger partial charge in [0.2, 0.25) is 0 Å². The predicted octanol–water partition coefficient (Wildman–Crippen LogP) is 2.14. The van der Waals surface area contributed by atoms with E-state index in [1.165, 1.54) is 29.2 Å². The number of nitro benzene ring substituents is 1. The summed E-state index contributed by atoms with van der Waals surface area (Å²) >= 11 is 5.92. The van der Waals surface area contributed by atoms with Gasteiger partial charge in [0, 0.05) is 12.1 Å². The van der Waals surface area contributed by atoms with E-state index in [-0.39, 0.29) is 10.7 Å². The molecule has 0 N–H and O–H groups in total. The summed E-state index contributed by atoms with van der Waals surface area (Å²) in [6, 6.07) is 4.20. The fourth-order valence-electron chi connectivity index (χ4n) is 1.26. The molecule has 0 saturated heterocycles. The van der Waals surface area contributed by atoms with Crippen LogP contribution in [0, 0.1) is 17.0 Å². The Bertz CT molecular complexity index is 552. The van der Waals surface area contributed by atoms with E-state index in [4.69, 9.17) is 11.6 Å². The summed E-state index contributed by atoms with van der Waals surface area (Å²) in [6.07, 6.45) is 1.50. The van der Waals surface area contributed by atoms with Gasteiger partial charge < -0.3 is 0 Å². The number of halogens is 1. The predicted molar refractivity (Wildman–Crippen MR) is 57.8 cm³/mol. The molecule has 0 aliphatic heterocycles. The lowest BCUT2D eigenvalue weighted by molar-refractivity contribution is -0.384. The van der Waals surface area contributed by atoms with Crippen LogP contribution in [0.5, 0.6) is 0 Å². The average molecular weight is 239 g/mol. The van der Waals surface area contributed by atoms with Crippen molar-refractivity contribution in [3.05, 3.63) is 45.5 Å². The highest BCUT2D eigenvalue weighted by molar-refractivity contribution is 6.32. The van der Waals surface area contributed by atoms with E-state index in [1.54, 1.807) is 6.92 Å². The second-order valence-electron chi connectivity index (χ2n) is 3.13. The molecule has 1 aromatic heterocycles. The third-order valence-corrected chi connectivity index (χ3v) is 2.30. The normalized spacial score (nSPS) is 10.4. The number of non-ortho nitro benzene ring substituents is 1. The van der Waals surface area contributed by atoms with E-state index >= 15 is 0 Å². The van der Waals surface area contributed by atoms with Gasteiger partial charge in [-0.05, 0) is 13.0 Å². The molecule has 0 radical (unpaired) electrons. The van der Waals surface area contributed by atoms with Crippen molar-refractivity contribution in [2.75, 3.05) is 0 Å². The van der Waals surface area contributed by atoms with Crippen LogP contribution in [0.25, 0.3) is 5.69 Å². The van der Waals surface area contributed by atoms with E-state index in [0.29, 0.717) is 11.5 Å². The van der Waals surface area contributed by atoms with Gasteiger partial charge in [0.25, 0.3) is 5.69 Å². The van der Waals surface area contributed by atoms with Crippen LogP contribution in [-0.2, 0) is 0 Å². The molecule has 1 heterocycles. The molecule has 0 aliphatic carbocycles. The Balaban J connectivity index is 2.47. The van der Waals surface area contributed by atoms with Crippen molar-refractivity contribution < 1.29 is 4.92 Å². The second kappa shape index (κ2) is 3.90. The summed E-state index contributed by atoms with van der Waals surface area (Å²) in [7, 11) is 0. The number of aromatic nitrogens is 3. The maximum absolute atomic E-state index is 10.5. The SMILES string of the molecule is Cc1ncn(-c2ccc([N+](=O)[O-])cc2Cl)n1. The minimum Gasteiger partial charge on any atom is -0.258 e. The molecule has 0 saturated carbocycles. The zero-order valence-corrected chi connectivity index (χ0v) is 9.05. The molecule has 0 aliphatic rings. The first kappa shape index (κ1) is 10.6. The summed E-state index contributed by atoms with van der Waals surface area (Å²) in [5.74, 6) is 0.606. The number of nitro groups is 1. The highest BCUT2D eigenvalue weighted by Gasteiger charge is 2.11. The van der Waals surface area contributed by atoms with E-state index in [1.807, 2.05) is 0 Å². The Morgan fingerprint density at radius 2 is 2.25 bits per heavy atom. The van der Waals surface area contributed by atoms with Crippen molar-refractivity contribution in [3.8, 4) is 5.69 Å². The van der Waals surface area contributed by atoms with Crippen LogP contribution < -0.4 is 0 Å². The molecule has 0 fully saturated rings. The van der Waals surface area contributed by atoms with Crippen LogP contribution in [-0.4, -0.2) is 19.7 Å². The summed E-state index contributed by atoms with van der Waals surface area (Å²) in [4.78, 5) is 14.0. The Hall–Kier alpha value is -1.95. The summed E-state index contributed by atoms with van der Waals surface area (Å²) in [5.41, 5.74) is 0.512. The van der Waals surface area contributed by atoms with Crippen molar-refractivity contribution >= 4 is 17.3 Å². The minimum atomic E-state index is -0.498. The van der Waals surface area contributed by atoms with Crippen LogP contribution in [0.4, 0.5) is 5.69 Å². The highest BCUT2D eigenvalue weighted by Crippen LogP contribution is 2.24. The van der Waals surface area contributed by atoms with Gasteiger partial charge in [-0.3, -0.25) is 10.1 Å². The summed E-state index contributed by atoms with van der Waals surface area (Å²) in [6.45, 7) is 1.75. The van der Waals surface area contributed by atoms with Crippen LogP contribution in [0.2, 0.25) is 5.02 Å². The number of rotatable bonds is 2. The van der Waals surface area contributed by atoms with Crippen molar-refractivity contribution in [2.45, 2.75) is 6.92 Å². The fraction of sp³-hybridized carbons (Fsp3) is 0.111. The van der Waals surface area contributed by atoms with Gasteiger partial charge >= 0.3 is 0 Å². The molecular weight excluding hydrogens is 232 g/mol. The van der Waals surface area contributed by atoms with E-state index in [2.05, 4.69) is 10.1 Å². The van der Waals surface area contributed by atoms with Crippen molar-refractivity contribution in [3.63, 3.8) is 0 Å². The molecular formula is C9H7ClN4O2. The molecule has 0 atom stereocenters. The van der Waals surface area contributed by atoms with Crippen LogP contribution in [0.15, 0.2) is 24.5 Å². The van der Waals surface area contributed by atoms with Crippen molar-refractivity contribution in [1.82, 2.24) is 14.8 Å². The topological polar surface area (TPSA) is 73.8 Å². The Morgan fingerprint density at radius 1 is 1.50 bits per heavy atom. The number of benzene rings is 1. The maximum Gasteiger partial charge on any atom is 0.271 e. The van der Waals surface area contributed by atoms with Gasteiger partial charge in [0.15, 0.2) is 0 Å². The van der Waals surface area contributed by atoms with E-state index < -0.39 is 4.92 Å². The Kier molecular flexibility index (Phi) is 2.57. The lowest BCUT2D eigenvalue weighted by Crippen LogP contribution is -1.97. The molecule has 82 valence electrons. The smallest absolute Gasteiger partial charge is 0.258 e. The van der Waals surface area contributed by atoms with E-state index in [0.717, 1.165) is 0 Å². The van der Waals surface area contributed by atoms with Gasteiger partial charge in [0.1, 0.15) is 12.2 Å². The Labute approximate surface area is 95.6 Å².